The Bertz CT molecular complexity index is 476. The summed E-state index contributed by atoms with van der Waals surface area (Å²) in [5.74, 6) is 0.938. The summed E-state index contributed by atoms with van der Waals surface area (Å²) in [5, 5.41) is 8.08. The second-order valence-electron chi connectivity index (χ2n) is 5.63. The third-order valence-corrected chi connectivity index (χ3v) is 4.22. The number of likely N-dealkylation sites (N-methyl/N-ethyl adjacent to an activating group) is 1. The van der Waals surface area contributed by atoms with E-state index in [0.29, 0.717) is 13.0 Å². The molecule has 0 aromatic carbocycles. The van der Waals surface area contributed by atoms with Gasteiger partial charge in [0.05, 0.1) is 12.5 Å². The van der Waals surface area contributed by atoms with Crippen molar-refractivity contribution in [2.45, 2.75) is 31.4 Å². The molecule has 1 aromatic rings. The fourth-order valence-electron chi connectivity index (χ4n) is 2.75. The fourth-order valence-corrected chi connectivity index (χ4v) is 2.75. The monoisotopic (exact) mass is 379 g/mol. The molecule has 0 aliphatic carbocycles. The summed E-state index contributed by atoms with van der Waals surface area (Å²) in [7, 11) is 3.44. The van der Waals surface area contributed by atoms with Crippen LogP contribution < -0.4 is 10.6 Å². The standard InChI is InChI=1S/C15H25N5O2.2ClH/c1-19(15(21)9-13(10-16)22-2)12-5-4-8-20(11-12)14-6-3-7-17-18-14;;/h3,6-7,12-13H,4-5,8-11,16H2,1-2H3;2*1H. The van der Waals surface area contributed by atoms with E-state index in [1.54, 1.807) is 13.3 Å². The number of carbonyl (C=O) groups is 1. The summed E-state index contributed by atoms with van der Waals surface area (Å²) >= 11 is 0. The minimum absolute atomic E-state index is 0. The summed E-state index contributed by atoms with van der Waals surface area (Å²) in [6.45, 7) is 2.08. The number of hydrogen-bond acceptors (Lipinski definition) is 6. The average molecular weight is 380 g/mol. The molecule has 0 radical (unpaired) electrons. The van der Waals surface area contributed by atoms with Crippen LogP contribution in [0.2, 0.25) is 0 Å². The van der Waals surface area contributed by atoms with Gasteiger partial charge in [0.15, 0.2) is 5.82 Å². The molecule has 2 atom stereocenters. The number of rotatable bonds is 6. The first kappa shape index (κ1) is 22.9. The molecular weight excluding hydrogens is 353 g/mol. The van der Waals surface area contributed by atoms with Gasteiger partial charge in [-0.1, -0.05) is 0 Å². The average Bonchev–Trinajstić information content (AvgIpc) is 2.59. The highest BCUT2D eigenvalue weighted by atomic mass is 35.5. The molecule has 0 bridgehead atoms. The van der Waals surface area contributed by atoms with Crippen LogP contribution in [-0.2, 0) is 9.53 Å². The lowest BCUT2D eigenvalue weighted by atomic mass is 10.0. The fraction of sp³-hybridized carbons (Fsp3) is 0.667. The summed E-state index contributed by atoms with van der Waals surface area (Å²) in [6.07, 6.45) is 3.81. The highest BCUT2D eigenvalue weighted by molar-refractivity contribution is 5.85. The Labute approximate surface area is 155 Å². The van der Waals surface area contributed by atoms with E-state index < -0.39 is 0 Å². The van der Waals surface area contributed by atoms with Crippen molar-refractivity contribution in [1.29, 1.82) is 0 Å². The maximum atomic E-state index is 12.4. The number of methoxy groups -OCH3 is 1. The van der Waals surface area contributed by atoms with Crippen molar-refractivity contribution >= 4 is 36.5 Å². The van der Waals surface area contributed by atoms with Gasteiger partial charge in [0.1, 0.15) is 0 Å². The highest BCUT2D eigenvalue weighted by Gasteiger charge is 2.27. The summed E-state index contributed by atoms with van der Waals surface area (Å²) in [6, 6.07) is 4.01. The lowest BCUT2D eigenvalue weighted by Crippen LogP contribution is -2.49. The SMILES string of the molecule is COC(CN)CC(=O)N(C)C1CCCN(c2cccnn2)C1.Cl.Cl. The van der Waals surface area contributed by atoms with Crippen LogP contribution >= 0.6 is 24.8 Å². The van der Waals surface area contributed by atoms with Gasteiger partial charge < -0.3 is 20.3 Å². The van der Waals surface area contributed by atoms with Gasteiger partial charge in [-0.3, -0.25) is 4.79 Å². The number of carbonyl (C=O) groups excluding carboxylic acids is 1. The van der Waals surface area contributed by atoms with Crippen LogP contribution in [0.15, 0.2) is 18.3 Å². The van der Waals surface area contributed by atoms with E-state index in [-0.39, 0.29) is 42.9 Å². The highest BCUT2D eigenvalue weighted by Crippen LogP contribution is 2.20. The van der Waals surface area contributed by atoms with Gasteiger partial charge in [0, 0.05) is 46.0 Å². The second-order valence-corrected chi connectivity index (χ2v) is 5.63. The minimum atomic E-state index is -0.213. The van der Waals surface area contributed by atoms with Crippen LogP contribution in [0.5, 0.6) is 0 Å². The molecule has 1 aromatic heterocycles. The number of ether oxygens (including phenoxy) is 1. The second kappa shape index (κ2) is 11.4. The first-order valence-corrected chi connectivity index (χ1v) is 7.67. The van der Waals surface area contributed by atoms with E-state index in [2.05, 4.69) is 15.1 Å². The summed E-state index contributed by atoms with van der Waals surface area (Å²) in [5.41, 5.74) is 5.59. The van der Waals surface area contributed by atoms with Gasteiger partial charge >= 0.3 is 0 Å². The molecule has 2 rings (SSSR count). The van der Waals surface area contributed by atoms with E-state index in [1.807, 2.05) is 24.1 Å². The molecule has 2 N–H and O–H groups in total. The van der Waals surface area contributed by atoms with Gasteiger partial charge in [0.25, 0.3) is 0 Å². The quantitative estimate of drug-likeness (QED) is 0.796. The zero-order valence-electron chi connectivity index (χ0n) is 14.1. The largest absolute Gasteiger partial charge is 0.380 e. The Morgan fingerprint density at radius 1 is 1.54 bits per heavy atom. The van der Waals surface area contributed by atoms with Gasteiger partial charge in [-0.15, -0.1) is 29.9 Å². The molecule has 0 saturated carbocycles. The van der Waals surface area contributed by atoms with Gasteiger partial charge in [-0.25, -0.2) is 0 Å². The van der Waals surface area contributed by atoms with Crippen molar-refractivity contribution in [1.82, 2.24) is 15.1 Å². The Morgan fingerprint density at radius 2 is 2.29 bits per heavy atom. The predicted octanol–water partition coefficient (Wildman–Crippen LogP) is 1.11. The normalized spacial score (nSPS) is 18.1. The van der Waals surface area contributed by atoms with Gasteiger partial charge in [0.2, 0.25) is 5.91 Å². The van der Waals surface area contributed by atoms with Crippen molar-refractivity contribution in [2.75, 3.05) is 38.7 Å². The number of halogens is 2. The number of amides is 1. The zero-order valence-corrected chi connectivity index (χ0v) is 15.8. The van der Waals surface area contributed by atoms with Crippen LogP contribution in [-0.4, -0.2) is 66.9 Å². The Balaban J connectivity index is 0.00000264. The third kappa shape index (κ3) is 6.05. The molecule has 2 unspecified atom stereocenters. The van der Waals surface area contributed by atoms with E-state index in [4.69, 9.17) is 10.5 Å². The van der Waals surface area contributed by atoms with Crippen molar-refractivity contribution in [3.63, 3.8) is 0 Å². The predicted molar refractivity (Wildman–Crippen MR) is 99.0 cm³/mol. The molecule has 1 aliphatic rings. The number of hydrogen-bond donors (Lipinski definition) is 1. The van der Waals surface area contributed by atoms with Crippen LogP contribution in [0, 0.1) is 0 Å². The lowest BCUT2D eigenvalue weighted by molar-refractivity contribution is -0.134. The Hall–Kier alpha value is -1.15. The number of anilines is 1. The first-order chi connectivity index (χ1) is 10.7. The number of nitrogens with two attached hydrogens (primary N) is 1. The van der Waals surface area contributed by atoms with E-state index in [1.165, 1.54) is 0 Å². The minimum Gasteiger partial charge on any atom is -0.380 e. The molecule has 24 heavy (non-hydrogen) atoms. The molecular formula is C15H27Cl2N5O2. The number of aromatic nitrogens is 2. The van der Waals surface area contributed by atoms with Crippen LogP contribution in [0.4, 0.5) is 5.82 Å². The molecule has 9 heteroatoms. The first-order valence-electron chi connectivity index (χ1n) is 7.67. The van der Waals surface area contributed by atoms with Crippen LogP contribution in [0.25, 0.3) is 0 Å². The molecule has 1 fully saturated rings. The molecule has 138 valence electrons. The van der Waals surface area contributed by atoms with E-state index >= 15 is 0 Å². The molecule has 7 nitrogen and oxygen atoms in total. The van der Waals surface area contributed by atoms with Crippen molar-refractivity contribution in [3.8, 4) is 0 Å². The summed E-state index contributed by atoms with van der Waals surface area (Å²) < 4.78 is 5.20. The smallest absolute Gasteiger partial charge is 0.225 e. The van der Waals surface area contributed by atoms with Crippen LogP contribution in [0.3, 0.4) is 0 Å². The lowest BCUT2D eigenvalue weighted by Gasteiger charge is -2.38. The van der Waals surface area contributed by atoms with Gasteiger partial charge in [-0.2, -0.15) is 5.10 Å². The number of piperidine rings is 1. The molecule has 0 spiro atoms. The van der Waals surface area contributed by atoms with Crippen molar-refractivity contribution in [3.05, 3.63) is 18.3 Å². The zero-order chi connectivity index (χ0) is 15.9. The van der Waals surface area contributed by atoms with Gasteiger partial charge in [-0.05, 0) is 25.0 Å². The molecule has 1 aliphatic heterocycles. The summed E-state index contributed by atoms with van der Waals surface area (Å²) in [4.78, 5) is 16.4. The third-order valence-electron chi connectivity index (χ3n) is 4.22. The van der Waals surface area contributed by atoms with Crippen molar-refractivity contribution < 1.29 is 9.53 Å². The topological polar surface area (TPSA) is 84.6 Å². The van der Waals surface area contributed by atoms with Crippen molar-refractivity contribution in [2.24, 2.45) is 5.73 Å². The molecule has 1 amide bonds. The maximum Gasteiger partial charge on any atom is 0.225 e. The van der Waals surface area contributed by atoms with E-state index in [9.17, 15) is 4.79 Å². The Kier molecular flexibility index (Phi) is 10.9. The van der Waals surface area contributed by atoms with E-state index in [0.717, 1.165) is 31.7 Å². The maximum absolute atomic E-state index is 12.4. The Morgan fingerprint density at radius 3 is 2.88 bits per heavy atom. The molecule has 2 heterocycles. The van der Waals surface area contributed by atoms with Crippen LogP contribution in [0.1, 0.15) is 19.3 Å². The molecule has 1 saturated heterocycles. The number of nitrogens with zero attached hydrogens (tertiary/aromatic N) is 4.